The van der Waals surface area contributed by atoms with Gasteiger partial charge in [0.15, 0.2) is 11.0 Å². The highest BCUT2D eigenvalue weighted by Gasteiger charge is 2.31. The lowest BCUT2D eigenvalue weighted by molar-refractivity contribution is 0.0892. The molecular formula is C39H46ClFN4O7SSi. The van der Waals surface area contributed by atoms with Crippen LogP contribution in [0.15, 0.2) is 77.8 Å². The van der Waals surface area contributed by atoms with E-state index in [1.165, 1.54) is 30.7 Å². The first-order chi connectivity index (χ1) is 25.7. The molecule has 0 fully saturated rings. The first-order valence-corrected chi connectivity index (χ1v) is 22.7. The van der Waals surface area contributed by atoms with Gasteiger partial charge in [0.25, 0.3) is 0 Å². The quantitative estimate of drug-likeness (QED) is 0.0676. The predicted octanol–water partition coefficient (Wildman–Crippen LogP) is 8.45. The summed E-state index contributed by atoms with van der Waals surface area (Å²) in [5, 5.41) is 0.116. The van der Waals surface area contributed by atoms with E-state index in [2.05, 4.69) is 29.6 Å². The molecule has 5 aromatic rings. The van der Waals surface area contributed by atoms with Crippen LogP contribution >= 0.6 is 11.6 Å². The van der Waals surface area contributed by atoms with E-state index in [9.17, 15) is 12.8 Å². The maximum Gasteiger partial charge on any atom is 0.243 e. The molecule has 0 saturated heterocycles. The summed E-state index contributed by atoms with van der Waals surface area (Å²) in [4.78, 5) is 8.94. The molecule has 0 aliphatic rings. The number of nitrogens with zero attached hydrogens (tertiary/aromatic N) is 4. The van der Waals surface area contributed by atoms with Crippen molar-refractivity contribution in [2.45, 2.75) is 57.3 Å². The van der Waals surface area contributed by atoms with E-state index in [1.54, 1.807) is 80.3 Å². The summed E-state index contributed by atoms with van der Waals surface area (Å²) in [6, 6.07) is 19.3. The van der Waals surface area contributed by atoms with Gasteiger partial charge in [-0.1, -0.05) is 55.5 Å². The summed E-state index contributed by atoms with van der Waals surface area (Å²) in [7, 11) is 0.489. The number of sulfonamides is 1. The number of methoxy groups -OCH3 is 4. The van der Waals surface area contributed by atoms with Crippen molar-refractivity contribution in [1.29, 1.82) is 0 Å². The van der Waals surface area contributed by atoms with Gasteiger partial charge in [0.05, 0.1) is 45.2 Å². The zero-order valence-electron chi connectivity index (χ0n) is 31.8. The Bertz CT molecular complexity index is 2140. The highest BCUT2D eigenvalue weighted by Crippen LogP contribution is 2.38. The second-order valence-corrected chi connectivity index (χ2v) is 21.7. The van der Waals surface area contributed by atoms with Gasteiger partial charge in [-0.05, 0) is 48.9 Å². The second-order valence-electron chi connectivity index (χ2n) is 13.8. The lowest BCUT2D eigenvalue weighted by Crippen LogP contribution is -2.31. The molecule has 0 aliphatic heterocycles. The third-order valence-corrected chi connectivity index (χ3v) is 12.8. The molecule has 2 aromatic heterocycles. The topological polar surface area (TPSA) is 114 Å². The third kappa shape index (κ3) is 9.24. The van der Waals surface area contributed by atoms with Gasteiger partial charge in [0.2, 0.25) is 10.0 Å². The van der Waals surface area contributed by atoms with Gasteiger partial charge in [-0.25, -0.2) is 22.8 Å². The first-order valence-electron chi connectivity index (χ1n) is 17.2. The molecule has 0 atom stereocenters. The Morgan fingerprint density at radius 3 is 1.98 bits per heavy atom. The zero-order chi connectivity index (χ0) is 39.2. The molecule has 0 aliphatic carbocycles. The largest absolute Gasteiger partial charge is 0.497 e. The lowest BCUT2D eigenvalue weighted by Gasteiger charge is -2.26. The molecule has 0 spiro atoms. The fourth-order valence-electron chi connectivity index (χ4n) is 5.90. The number of aromatic nitrogens is 3. The van der Waals surface area contributed by atoms with Crippen molar-refractivity contribution in [3.05, 3.63) is 101 Å². The molecule has 0 amide bonds. The van der Waals surface area contributed by atoms with Crippen molar-refractivity contribution >= 4 is 29.7 Å². The molecule has 5 rings (SSSR count). The van der Waals surface area contributed by atoms with Crippen LogP contribution in [0.3, 0.4) is 0 Å². The van der Waals surface area contributed by atoms with Crippen LogP contribution in [0.2, 0.25) is 30.8 Å². The number of halogens is 2. The number of hydrogen-bond acceptors (Lipinski definition) is 9. The number of rotatable bonds is 17. The molecule has 11 nitrogen and oxygen atoms in total. The summed E-state index contributed by atoms with van der Waals surface area (Å²) in [6.45, 7) is 9.00. The normalized spacial score (nSPS) is 11.9. The molecule has 0 unspecified atom stereocenters. The van der Waals surface area contributed by atoms with Crippen molar-refractivity contribution in [3.63, 3.8) is 0 Å². The van der Waals surface area contributed by atoms with E-state index < -0.39 is 23.9 Å². The van der Waals surface area contributed by atoms with E-state index in [0.717, 1.165) is 12.2 Å². The smallest absolute Gasteiger partial charge is 0.243 e. The molecule has 0 bridgehead atoms. The number of ether oxygens (including phenoxy) is 5. The molecule has 0 radical (unpaired) electrons. The number of hydrogen-bond donors (Lipinski definition) is 0. The van der Waals surface area contributed by atoms with Gasteiger partial charge < -0.3 is 23.7 Å². The Hall–Kier alpha value is -4.47. The van der Waals surface area contributed by atoms with Crippen molar-refractivity contribution in [2.24, 2.45) is 0 Å². The zero-order valence-corrected chi connectivity index (χ0v) is 34.3. The van der Waals surface area contributed by atoms with E-state index in [1.807, 2.05) is 0 Å². The Morgan fingerprint density at radius 1 is 0.852 bits per heavy atom. The van der Waals surface area contributed by atoms with Crippen LogP contribution in [0.5, 0.6) is 23.0 Å². The van der Waals surface area contributed by atoms with Crippen LogP contribution in [0.4, 0.5) is 4.39 Å². The fraction of sp³-hybridized carbons (Fsp3) is 0.333. The van der Waals surface area contributed by atoms with Crippen LogP contribution < -0.4 is 18.9 Å². The van der Waals surface area contributed by atoms with Crippen molar-refractivity contribution in [1.82, 2.24) is 18.8 Å². The molecule has 3 aromatic carbocycles. The van der Waals surface area contributed by atoms with Crippen molar-refractivity contribution < 1.29 is 36.5 Å². The standard InChI is InChI=1S/C39H46ClFN4O7SSi/c1-26-32(37-38(40)43-39(33-17-14-29(41)22-42-33)45(37)25-52-18-19-54(6,7)8)10-9-11-36(26)53(46,47)44(23-27-12-15-30(48-2)20-34(27)50-4)24-28-13-16-31(49-3)21-35(28)51-5/h9-17,20-22H,18-19,23-25H2,1-8H3. The SMILES string of the molecule is COc1ccc(CN(Cc2ccc(OC)cc2OC)S(=O)(=O)c2cccc(-c3c(Cl)nc(-c4ccc(F)cn4)n3COCC[Si](C)(C)C)c2C)c(OC)c1. The van der Waals surface area contributed by atoms with Gasteiger partial charge in [0, 0.05) is 56.6 Å². The average Bonchev–Trinajstić information content (AvgIpc) is 3.48. The molecular weight excluding hydrogens is 751 g/mol. The predicted molar refractivity (Wildman–Crippen MR) is 210 cm³/mol. The van der Waals surface area contributed by atoms with Gasteiger partial charge in [0.1, 0.15) is 41.2 Å². The average molecular weight is 797 g/mol. The van der Waals surface area contributed by atoms with Crippen LogP contribution in [-0.4, -0.2) is 70.4 Å². The van der Waals surface area contributed by atoms with E-state index >= 15 is 0 Å². The molecule has 2 heterocycles. The highest BCUT2D eigenvalue weighted by atomic mass is 35.5. The Morgan fingerprint density at radius 2 is 1.46 bits per heavy atom. The second kappa shape index (κ2) is 17.3. The maximum atomic E-state index is 15.0. The molecule has 15 heteroatoms. The van der Waals surface area contributed by atoms with Gasteiger partial charge in [-0.15, -0.1) is 0 Å². The summed E-state index contributed by atoms with van der Waals surface area (Å²) < 4.78 is 75.3. The summed E-state index contributed by atoms with van der Waals surface area (Å²) >= 11 is 6.89. The molecule has 288 valence electrons. The Balaban J connectivity index is 1.64. The summed E-state index contributed by atoms with van der Waals surface area (Å²) in [5.41, 5.74) is 3.04. The third-order valence-electron chi connectivity index (χ3n) is 8.94. The monoisotopic (exact) mass is 796 g/mol. The van der Waals surface area contributed by atoms with Crippen LogP contribution in [0.25, 0.3) is 22.8 Å². The number of benzene rings is 3. The number of imidazole rings is 1. The number of pyridine rings is 1. The van der Waals surface area contributed by atoms with Crippen LogP contribution in [0.1, 0.15) is 16.7 Å². The minimum absolute atomic E-state index is 0.0433. The Labute approximate surface area is 322 Å². The lowest BCUT2D eigenvalue weighted by atomic mass is 10.1. The maximum absolute atomic E-state index is 15.0. The summed E-state index contributed by atoms with van der Waals surface area (Å²) in [5.74, 6) is 1.93. The van der Waals surface area contributed by atoms with Crippen LogP contribution in [-0.2, 0) is 34.6 Å². The molecule has 0 N–H and O–H groups in total. The van der Waals surface area contributed by atoms with E-state index in [4.69, 9.17) is 35.3 Å². The van der Waals surface area contributed by atoms with Gasteiger partial charge in [-0.2, -0.15) is 4.31 Å². The minimum Gasteiger partial charge on any atom is -0.497 e. The minimum atomic E-state index is -4.25. The van der Waals surface area contributed by atoms with Crippen molar-refractivity contribution in [3.8, 4) is 45.8 Å². The van der Waals surface area contributed by atoms with Crippen molar-refractivity contribution in [2.75, 3.05) is 35.0 Å². The summed E-state index contributed by atoms with van der Waals surface area (Å²) in [6.07, 6.45) is 1.11. The first kappa shape index (κ1) is 40.7. The van der Waals surface area contributed by atoms with Gasteiger partial charge >= 0.3 is 0 Å². The fourth-order valence-corrected chi connectivity index (χ4v) is 8.59. The van der Waals surface area contributed by atoms with E-state index in [0.29, 0.717) is 69.1 Å². The van der Waals surface area contributed by atoms with E-state index in [-0.39, 0.29) is 29.9 Å². The molecule has 54 heavy (non-hydrogen) atoms. The molecule has 0 saturated carbocycles. The highest BCUT2D eigenvalue weighted by molar-refractivity contribution is 7.89. The van der Waals surface area contributed by atoms with Gasteiger partial charge in [-0.3, -0.25) is 4.57 Å². The Kier molecular flexibility index (Phi) is 13.1. The van der Waals surface area contributed by atoms with Crippen LogP contribution in [0, 0.1) is 12.7 Å².